The second-order valence-corrected chi connectivity index (χ2v) is 8.59. The van der Waals surface area contributed by atoms with E-state index in [9.17, 15) is 9.50 Å². The van der Waals surface area contributed by atoms with Gasteiger partial charge in [0.1, 0.15) is 23.3 Å². The van der Waals surface area contributed by atoms with Crippen molar-refractivity contribution in [2.75, 3.05) is 31.2 Å². The van der Waals surface area contributed by atoms with Gasteiger partial charge in [-0.05, 0) is 23.8 Å². The maximum atomic E-state index is 14.8. The molecule has 4 heterocycles. The highest BCUT2D eigenvalue weighted by atomic mass is 32.1. The van der Waals surface area contributed by atoms with Crippen LogP contribution in [-0.2, 0) is 4.74 Å². The summed E-state index contributed by atoms with van der Waals surface area (Å²) < 4.78 is 21.0. The number of morpholine rings is 1. The molecule has 1 aliphatic heterocycles. The van der Waals surface area contributed by atoms with Crippen molar-refractivity contribution in [2.45, 2.75) is 6.10 Å². The Morgan fingerprint density at radius 1 is 1.14 bits per heavy atom. The summed E-state index contributed by atoms with van der Waals surface area (Å²) >= 11 is 2.91. The van der Waals surface area contributed by atoms with Crippen LogP contribution in [0.3, 0.4) is 0 Å². The number of fused-ring (bicyclic) bond motifs is 1. The summed E-state index contributed by atoms with van der Waals surface area (Å²) in [5.41, 5.74) is 2.24. The van der Waals surface area contributed by atoms with Gasteiger partial charge in [0.25, 0.3) is 0 Å². The van der Waals surface area contributed by atoms with Gasteiger partial charge in [0, 0.05) is 30.2 Å². The summed E-state index contributed by atoms with van der Waals surface area (Å²) in [5.74, 6) is -0.388. The molecule has 5 rings (SSSR count). The summed E-state index contributed by atoms with van der Waals surface area (Å²) in [4.78, 5) is 15.2. The number of halogens is 1. The van der Waals surface area contributed by atoms with Crippen LogP contribution in [0.15, 0.2) is 42.2 Å². The largest absolute Gasteiger partial charge is 0.381 e. The van der Waals surface area contributed by atoms with Crippen molar-refractivity contribution in [2.24, 2.45) is 0 Å². The van der Waals surface area contributed by atoms with E-state index >= 15 is 0 Å². The molecule has 0 bridgehead atoms. The molecule has 0 saturated carbocycles. The summed E-state index contributed by atoms with van der Waals surface area (Å²) in [6.07, 6.45) is 2.19. The van der Waals surface area contributed by atoms with Crippen LogP contribution in [0.25, 0.3) is 21.5 Å². The average Bonchev–Trinajstić information content (AvgIpc) is 3.44. The number of benzene rings is 1. The van der Waals surface area contributed by atoms with Gasteiger partial charge in [-0.25, -0.2) is 19.3 Å². The molecule has 1 atom stereocenters. The zero-order valence-electron chi connectivity index (χ0n) is 15.3. The van der Waals surface area contributed by atoms with Crippen molar-refractivity contribution in [1.29, 1.82) is 0 Å². The molecule has 148 valence electrons. The summed E-state index contributed by atoms with van der Waals surface area (Å²) in [6.45, 7) is 3.02. The molecule has 0 aliphatic carbocycles. The van der Waals surface area contributed by atoms with Crippen molar-refractivity contribution < 1.29 is 14.2 Å². The second-order valence-electron chi connectivity index (χ2n) is 6.63. The van der Waals surface area contributed by atoms with Crippen molar-refractivity contribution in [3.8, 4) is 11.3 Å². The molecule has 1 aromatic carbocycles. The van der Waals surface area contributed by atoms with Crippen LogP contribution < -0.4 is 4.90 Å². The molecule has 0 spiro atoms. The summed E-state index contributed by atoms with van der Waals surface area (Å²) in [5, 5.41) is 14.1. The van der Waals surface area contributed by atoms with Gasteiger partial charge in [-0.2, -0.15) is 0 Å². The number of aliphatic hydroxyl groups is 1. The lowest BCUT2D eigenvalue weighted by Crippen LogP contribution is -2.35. The molecule has 6 nitrogen and oxygen atoms in total. The molecule has 3 aromatic heterocycles. The predicted octanol–water partition coefficient (Wildman–Crippen LogP) is 3.87. The third-order valence-corrected chi connectivity index (χ3v) is 6.89. The van der Waals surface area contributed by atoms with Crippen LogP contribution in [0.5, 0.6) is 0 Å². The Morgan fingerprint density at radius 3 is 2.79 bits per heavy atom. The van der Waals surface area contributed by atoms with E-state index in [1.807, 2.05) is 6.07 Å². The van der Waals surface area contributed by atoms with Crippen molar-refractivity contribution >= 4 is 37.9 Å². The highest BCUT2D eigenvalue weighted by molar-refractivity contribution is 7.23. The molecular weight excluding hydrogens is 411 g/mol. The van der Waals surface area contributed by atoms with E-state index in [4.69, 9.17) is 4.74 Å². The predicted molar refractivity (Wildman–Crippen MR) is 112 cm³/mol. The number of hydrogen-bond acceptors (Lipinski definition) is 8. The maximum Gasteiger partial charge on any atom is 0.132 e. The highest BCUT2D eigenvalue weighted by Crippen LogP contribution is 2.38. The molecular formula is C20H17FN4O2S2. The summed E-state index contributed by atoms with van der Waals surface area (Å²) in [7, 11) is 0. The van der Waals surface area contributed by atoms with Crippen LogP contribution in [0.4, 0.5) is 9.39 Å². The number of ether oxygens (including phenoxy) is 1. The molecule has 0 unspecified atom stereocenters. The van der Waals surface area contributed by atoms with Crippen molar-refractivity contribution in [3.63, 3.8) is 0 Å². The quantitative estimate of drug-likeness (QED) is 0.532. The minimum Gasteiger partial charge on any atom is -0.381 e. The molecule has 1 fully saturated rings. The second kappa shape index (κ2) is 7.75. The number of anilines is 1. The standard InChI is InChI=1S/C20H17FN4O2S2/c21-14-2-1-12(18(26)20-22-3-8-28-20)9-13(14)17-19-15(23-11-24-17)10-16(29-19)25-4-6-27-7-5-25/h1-3,8-11,18,26H,4-7H2/t18-/m1/s1. The van der Waals surface area contributed by atoms with Crippen LogP contribution in [0, 0.1) is 5.82 Å². The Labute approximate surface area is 174 Å². The normalized spacial score (nSPS) is 15.7. The molecule has 1 saturated heterocycles. The van der Waals surface area contributed by atoms with E-state index in [0.717, 1.165) is 28.3 Å². The fourth-order valence-corrected chi connectivity index (χ4v) is 5.19. The van der Waals surface area contributed by atoms with Crippen LogP contribution in [0.1, 0.15) is 16.7 Å². The molecule has 1 N–H and O–H groups in total. The van der Waals surface area contributed by atoms with E-state index in [1.165, 1.54) is 23.7 Å². The van der Waals surface area contributed by atoms with E-state index in [0.29, 0.717) is 35.0 Å². The van der Waals surface area contributed by atoms with Crippen LogP contribution >= 0.6 is 22.7 Å². The molecule has 9 heteroatoms. The number of thiazole rings is 1. The lowest BCUT2D eigenvalue weighted by molar-refractivity contribution is 0.123. The summed E-state index contributed by atoms with van der Waals surface area (Å²) in [6, 6.07) is 6.61. The first-order valence-electron chi connectivity index (χ1n) is 9.15. The molecule has 4 aromatic rings. The monoisotopic (exact) mass is 428 g/mol. The van der Waals surface area contributed by atoms with Crippen molar-refractivity contribution in [3.05, 3.63) is 58.6 Å². The lowest BCUT2D eigenvalue weighted by Gasteiger charge is -2.27. The SMILES string of the molecule is O[C@H](c1ccc(F)c(-c2ncnc3cc(N4CCOCC4)sc23)c1)c1nccs1. The zero-order valence-corrected chi connectivity index (χ0v) is 16.9. The average molecular weight is 429 g/mol. The zero-order chi connectivity index (χ0) is 19.8. The van der Waals surface area contributed by atoms with Crippen LogP contribution in [0.2, 0.25) is 0 Å². The molecule has 29 heavy (non-hydrogen) atoms. The Morgan fingerprint density at radius 2 is 2.00 bits per heavy atom. The molecule has 1 aliphatic rings. The number of thiophene rings is 1. The Bertz CT molecular complexity index is 1140. The third-order valence-electron chi connectivity index (χ3n) is 4.87. The minimum absolute atomic E-state index is 0.348. The first kappa shape index (κ1) is 18.6. The first-order valence-corrected chi connectivity index (χ1v) is 10.8. The topological polar surface area (TPSA) is 71.4 Å². The van der Waals surface area contributed by atoms with Gasteiger partial charge < -0.3 is 14.7 Å². The Kier molecular flexibility index (Phi) is 4.96. The number of aromatic nitrogens is 3. The van der Waals surface area contributed by atoms with Gasteiger partial charge in [0.2, 0.25) is 0 Å². The van der Waals surface area contributed by atoms with Gasteiger partial charge in [-0.3, -0.25) is 0 Å². The van der Waals surface area contributed by atoms with E-state index in [1.54, 1.807) is 35.0 Å². The van der Waals surface area contributed by atoms with Crippen molar-refractivity contribution in [1.82, 2.24) is 15.0 Å². The molecule has 0 radical (unpaired) electrons. The third kappa shape index (κ3) is 3.51. The minimum atomic E-state index is -0.904. The molecule has 0 amide bonds. The van der Waals surface area contributed by atoms with E-state index in [2.05, 4.69) is 19.9 Å². The number of nitrogens with zero attached hydrogens (tertiary/aromatic N) is 4. The van der Waals surface area contributed by atoms with E-state index in [-0.39, 0.29) is 5.82 Å². The first-order chi connectivity index (χ1) is 14.2. The highest BCUT2D eigenvalue weighted by Gasteiger charge is 2.20. The number of rotatable bonds is 4. The lowest BCUT2D eigenvalue weighted by atomic mass is 10.0. The maximum absolute atomic E-state index is 14.8. The fraction of sp³-hybridized carbons (Fsp3) is 0.250. The smallest absolute Gasteiger partial charge is 0.132 e. The Balaban J connectivity index is 1.58. The van der Waals surface area contributed by atoms with Gasteiger partial charge in [0.05, 0.1) is 34.1 Å². The van der Waals surface area contributed by atoms with Gasteiger partial charge in [0.15, 0.2) is 0 Å². The fourth-order valence-electron chi connectivity index (χ4n) is 3.38. The van der Waals surface area contributed by atoms with Crippen LogP contribution in [-0.4, -0.2) is 46.4 Å². The Hall–Kier alpha value is -2.46. The number of hydrogen-bond donors (Lipinski definition) is 1. The number of aliphatic hydroxyl groups excluding tert-OH is 1. The van der Waals surface area contributed by atoms with Gasteiger partial charge >= 0.3 is 0 Å². The van der Waals surface area contributed by atoms with Gasteiger partial charge in [-0.1, -0.05) is 6.07 Å². The van der Waals surface area contributed by atoms with E-state index < -0.39 is 6.10 Å². The van der Waals surface area contributed by atoms with Gasteiger partial charge in [-0.15, -0.1) is 22.7 Å².